The number of hydrogen-bond acceptors (Lipinski definition) is 3. The molecule has 0 bridgehead atoms. The minimum absolute atomic E-state index is 0.478. The molecular formula is C16H16Cl2N2O. The summed E-state index contributed by atoms with van der Waals surface area (Å²) in [5, 5.41) is 5.60. The minimum atomic E-state index is 0.478. The number of nitrogens with one attached hydrogen (secondary N) is 1. The molecule has 0 radical (unpaired) electrons. The summed E-state index contributed by atoms with van der Waals surface area (Å²) in [6, 6.07) is 13.2. The predicted octanol–water partition coefficient (Wildman–Crippen LogP) is 4.52. The van der Waals surface area contributed by atoms with Crippen LogP contribution in [-0.4, -0.2) is 12.8 Å². The standard InChI is InChI=1S/C16H16Cl2N2O/c1-11(12-6-8-13(21-2)9-7-12)20-19-10-14-15(17)4-3-5-16(14)18/h3-9,19H,10H2,1-2H3/b20-11-. The van der Waals surface area contributed by atoms with Crippen LogP contribution in [0.4, 0.5) is 0 Å². The summed E-state index contributed by atoms with van der Waals surface area (Å²) in [5.41, 5.74) is 5.74. The molecule has 0 aliphatic heterocycles. The molecular weight excluding hydrogens is 307 g/mol. The highest BCUT2D eigenvalue weighted by Crippen LogP contribution is 2.23. The van der Waals surface area contributed by atoms with Crippen molar-refractivity contribution in [2.75, 3.05) is 7.11 Å². The van der Waals surface area contributed by atoms with Gasteiger partial charge in [-0.2, -0.15) is 5.10 Å². The lowest BCUT2D eigenvalue weighted by atomic mass is 10.1. The highest BCUT2D eigenvalue weighted by atomic mass is 35.5. The lowest BCUT2D eigenvalue weighted by Gasteiger charge is -2.08. The van der Waals surface area contributed by atoms with Gasteiger partial charge >= 0.3 is 0 Å². The molecule has 0 saturated heterocycles. The molecule has 0 fully saturated rings. The van der Waals surface area contributed by atoms with Gasteiger partial charge in [0.05, 0.1) is 19.4 Å². The first-order valence-corrected chi connectivity index (χ1v) is 7.22. The summed E-state index contributed by atoms with van der Waals surface area (Å²) in [7, 11) is 1.64. The Morgan fingerprint density at radius 2 is 1.71 bits per heavy atom. The van der Waals surface area contributed by atoms with Crippen LogP contribution in [0.25, 0.3) is 0 Å². The third kappa shape index (κ3) is 4.13. The van der Waals surface area contributed by atoms with Crippen molar-refractivity contribution in [2.24, 2.45) is 5.10 Å². The van der Waals surface area contributed by atoms with Gasteiger partial charge in [0.2, 0.25) is 0 Å². The summed E-state index contributed by atoms with van der Waals surface area (Å²) in [6.07, 6.45) is 0. The second-order valence-corrected chi connectivity index (χ2v) is 5.28. The van der Waals surface area contributed by atoms with Crippen LogP contribution in [0.15, 0.2) is 47.6 Å². The number of halogens is 2. The average Bonchev–Trinajstić information content (AvgIpc) is 2.50. The number of benzene rings is 2. The van der Waals surface area contributed by atoms with Crippen LogP contribution in [0.3, 0.4) is 0 Å². The second kappa shape index (κ2) is 7.34. The number of hydrogen-bond donors (Lipinski definition) is 1. The summed E-state index contributed by atoms with van der Waals surface area (Å²) in [5.74, 6) is 0.822. The summed E-state index contributed by atoms with van der Waals surface area (Å²) < 4.78 is 5.13. The molecule has 2 rings (SSSR count). The van der Waals surface area contributed by atoms with Gasteiger partial charge in [-0.05, 0) is 48.9 Å². The zero-order chi connectivity index (χ0) is 15.2. The van der Waals surface area contributed by atoms with E-state index in [1.54, 1.807) is 7.11 Å². The molecule has 0 atom stereocenters. The molecule has 0 unspecified atom stereocenters. The molecule has 2 aromatic carbocycles. The van der Waals surface area contributed by atoms with Gasteiger partial charge in [0.1, 0.15) is 5.75 Å². The van der Waals surface area contributed by atoms with Crippen LogP contribution in [0.2, 0.25) is 10.0 Å². The first-order valence-electron chi connectivity index (χ1n) is 6.46. The van der Waals surface area contributed by atoms with Crippen LogP contribution < -0.4 is 10.2 Å². The van der Waals surface area contributed by atoms with E-state index in [2.05, 4.69) is 10.5 Å². The van der Waals surface area contributed by atoms with Gasteiger partial charge in [0, 0.05) is 15.6 Å². The Kier molecular flexibility index (Phi) is 5.48. The molecule has 0 saturated carbocycles. The lowest BCUT2D eigenvalue weighted by molar-refractivity contribution is 0.415. The van der Waals surface area contributed by atoms with Crippen molar-refractivity contribution in [3.8, 4) is 5.75 Å². The molecule has 2 aromatic rings. The van der Waals surface area contributed by atoms with E-state index in [0.717, 1.165) is 22.6 Å². The van der Waals surface area contributed by atoms with Gasteiger partial charge < -0.3 is 10.2 Å². The Bertz CT molecular complexity index is 619. The maximum atomic E-state index is 6.11. The highest BCUT2D eigenvalue weighted by molar-refractivity contribution is 6.35. The Morgan fingerprint density at radius 3 is 2.29 bits per heavy atom. The van der Waals surface area contributed by atoms with Gasteiger partial charge in [-0.1, -0.05) is 29.3 Å². The topological polar surface area (TPSA) is 33.6 Å². The quantitative estimate of drug-likeness (QED) is 0.648. The number of methoxy groups -OCH3 is 1. The second-order valence-electron chi connectivity index (χ2n) is 4.46. The number of hydrazone groups is 1. The fraction of sp³-hybridized carbons (Fsp3) is 0.188. The van der Waals surface area contributed by atoms with Crippen LogP contribution in [0.1, 0.15) is 18.1 Å². The fourth-order valence-corrected chi connectivity index (χ4v) is 2.37. The zero-order valence-electron chi connectivity index (χ0n) is 11.9. The predicted molar refractivity (Wildman–Crippen MR) is 88.5 cm³/mol. The van der Waals surface area contributed by atoms with Gasteiger partial charge in [0.15, 0.2) is 0 Å². The Hall–Kier alpha value is -1.71. The lowest BCUT2D eigenvalue weighted by Crippen LogP contribution is -2.10. The SMILES string of the molecule is COc1ccc(/C(C)=N\NCc2c(Cl)cccc2Cl)cc1. The van der Waals surface area contributed by atoms with Gasteiger partial charge in [-0.25, -0.2) is 0 Å². The Morgan fingerprint density at radius 1 is 1.10 bits per heavy atom. The maximum absolute atomic E-state index is 6.11. The molecule has 5 heteroatoms. The molecule has 0 aliphatic carbocycles. The zero-order valence-corrected chi connectivity index (χ0v) is 13.4. The maximum Gasteiger partial charge on any atom is 0.118 e. The van der Waals surface area contributed by atoms with E-state index in [1.807, 2.05) is 49.4 Å². The molecule has 0 spiro atoms. The number of ether oxygens (including phenoxy) is 1. The van der Waals surface area contributed by atoms with Crippen LogP contribution >= 0.6 is 23.2 Å². The van der Waals surface area contributed by atoms with E-state index < -0.39 is 0 Å². The molecule has 1 N–H and O–H groups in total. The van der Waals surface area contributed by atoms with Crippen LogP contribution in [0, 0.1) is 0 Å². The normalized spacial score (nSPS) is 11.3. The van der Waals surface area contributed by atoms with E-state index in [9.17, 15) is 0 Å². The third-order valence-electron chi connectivity index (χ3n) is 3.07. The molecule has 0 aliphatic rings. The fourth-order valence-electron chi connectivity index (χ4n) is 1.84. The van der Waals surface area contributed by atoms with Crippen LogP contribution in [0.5, 0.6) is 5.75 Å². The van der Waals surface area contributed by atoms with E-state index in [1.165, 1.54) is 0 Å². The largest absolute Gasteiger partial charge is 0.497 e. The van der Waals surface area contributed by atoms with Crippen LogP contribution in [-0.2, 0) is 6.54 Å². The summed E-state index contributed by atoms with van der Waals surface area (Å²) in [6.45, 7) is 2.41. The van der Waals surface area contributed by atoms with Crippen molar-refractivity contribution in [1.29, 1.82) is 0 Å². The smallest absolute Gasteiger partial charge is 0.118 e. The third-order valence-corrected chi connectivity index (χ3v) is 3.78. The summed E-state index contributed by atoms with van der Waals surface area (Å²) in [4.78, 5) is 0. The van der Waals surface area contributed by atoms with Crippen molar-refractivity contribution in [3.05, 3.63) is 63.6 Å². The van der Waals surface area contributed by atoms with Crippen molar-refractivity contribution in [3.63, 3.8) is 0 Å². The van der Waals surface area contributed by atoms with Gasteiger partial charge in [-0.3, -0.25) is 0 Å². The van der Waals surface area contributed by atoms with Crippen molar-refractivity contribution < 1.29 is 4.74 Å². The number of rotatable bonds is 5. The van der Waals surface area contributed by atoms with Crippen molar-refractivity contribution >= 4 is 28.9 Å². The van der Waals surface area contributed by atoms with Crippen molar-refractivity contribution in [1.82, 2.24) is 5.43 Å². The number of nitrogens with zero attached hydrogens (tertiary/aromatic N) is 1. The molecule has 110 valence electrons. The molecule has 0 heterocycles. The molecule has 0 amide bonds. The van der Waals surface area contributed by atoms with E-state index in [-0.39, 0.29) is 0 Å². The van der Waals surface area contributed by atoms with Gasteiger partial charge in [0.25, 0.3) is 0 Å². The highest BCUT2D eigenvalue weighted by Gasteiger charge is 2.04. The van der Waals surface area contributed by atoms with E-state index in [4.69, 9.17) is 27.9 Å². The Balaban J connectivity index is 2.03. The van der Waals surface area contributed by atoms with Crippen molar-refractivity contribution in [2.45, 2.75) is 13.5 Å². The van der Waals surface area contributed by atoms with E-state index in [0.29, 0.717) is 16.6 Å². The molecule has 0 aromatic heterocycles. The average molecular weight is 323 g/mol. The molecule has 21 heavy (non-hydrogen) atoms. The molecule has 3 nitrogen and oxygen atoms in total. The Labute approximate surface area is 134 Å². The minimum Gasteiger partial charge on any atom is -0.497 e. The monoisotopic (exact) mass is 322 g/mol. The first kappa shape index (κ1) is 15.7. The van der Waals surface area contributed by atoms with E-state index >= 15 is 0 Å². The van der Waals surface area contributed by atoms with Gasteiger partial charge in [-0.15, -0.1) is 0 Å². The summed E-state index contributed by atoms with van der Waals surface area (Å²) >= 11 is 12.2. The first-order chi connectivity index (χ1) is 10.1.